The third-order valence-electron chi connectivity index (χ3n) is 4.15. The van der Waals surface area contributed by atoms with Gasteiger partial charge in [0.15, 0.2) is 5.69 Å². The molecule has 0 aliphatic heterocycles. The summed E-state index contributed by atoms with van der Waals surface area (Å²) in [6.07, 6.45) is -2.46. The molecule has 3 aromatic rings. The molecule has 0 saturated carbocycles. The summed E-state index contributed by atoms with van der Waals surface area (Å²) in [5, 5.41) is 8.50. The van der Waals surface area contributed by atoms with E-state index in [2.05, 4.69) is 15.0 Å². The first kappa shape index (κ1) is 24.9. The standard InChI is InChI=1S/C19H13ClF3N5O5S/c1-32-16-11(7-25-18(27-16)34(2,30)31)8-28-9-26-15(19(21,22)23)14(17(28)29)33-13-4-10(6-24)3-12(20)5-13/h3-5,7,9H,8H2,1-2H3. The average molecular weight is 516 g/mol. The number of rotatable bonds is 6. The van der Waals surface area contributed by atoms with Crippen LogP contribution in [0.1, 0.15) is 16.8 Å². The molecule has 0 bridgehead atoms. The molecule has 2 aromatic heterocycles. The number of hydrogen-bond donors (Lipinski definition) is 0. The summed E-state index contributed by atoms with van der Waals surface area (Å²) in [7, 11) is -2.58. The van der Waals surface area contributed by atoms with Crippen LogP contribution in [-0.2, 0) is 22.6 Å². The van der Waals surface area contributed by atoms with Gasteiger partial charge in [0.05, 0.1) is 37.2 Å². The molecular weight excluding hydrogens is 503 g/mol. The largest absolute Gasteiger partial charge is 0.481 e. The fraction of sp³-hybridized carbons (Fsp3) is 0.211. The van der Waals surface area contributed by atoms with E-state index < -0.39 is 44.7 Å². The van der Waals surface area contributed by atoms with E-state index in [0.717, 1.165) is 29.2 Å². The smallest absolute Gasteiger partial charge is 0.437 e. The molecule has 0 aliphatic rings. The van der Waals surface area contributed by atoms with E-state index in [0.29, 0.717) is 6.33 Å². The maximum atomic E-state index is 13.5. The minimum absolute atomic E-state index is 0.000300. The van der Waals surface area contributed by atoms with Crippen molar-refractivity contribution in [2.24, 2.45) is 0 Å². The van der Waals surface area contributed by atoms with Crippen LogP contribution in [0.4, 0.5) is 13.2 Å². The van der Waals surface area contributed by atoms with Crippen LogP contribution >= 0.6 is 11.6 Å². The third kappa shape index (κ3) is 5.43. The topological polar surface area (TPSA) is 137 Å². The summed E-state index contributed by atoms with van der Waals surface area (Å²) >= 11 is 5.86. The Morgan fingerprint density at radius 1 is 1.24 bits per heavy atom. The Hall–Kier alpha value is -3.70. The lowest BCUT2D eigenvalue weighted by atomic mass is 10.2. The summed E-state index contributed by atoms with van der Waals surface area (Å²) in [5.74, 6) is -1.66. The number of alkyl halides is 3. The highest BCUT2D eigenvalue weighted by Crippen LogP contribution is 2.35. The van der Waals surface area contributed by atoms with E-state index in [9.17, 15) is 26.4 Å². The second-order valence-electron chi connectivity index (χ2n) is 6.70. The van der Waals surface area contributed by atoms with Gasteiger partial charge in [-0.3, -0.25) is 9.36 Å². The van der Waals surface area contributed by atoms with Gasteiger partial charge in [0, 0.05) is 17.5 Å². The van der Waals surface area contributed by atoms with Gasteiger partial charge < -0.3 is 9.47 Å². The van der Waals surface area contributed by atoms with Crippen molar-refractivity contribution in [1.29, 1.82) is 5.26 Å². The van der Waals surface area contributed by atoms with Gasteiger partial charge in [0.25, 0.3) is 5.56 Å². The molecule has 0 radical (unpaired) electrons. The van der Waals surface area contributed by atoms with Crippen LogP contribution in [0.5, 0.6) is 17.4 Å². The molecule has 0 unspecified atom stereocenters. The lowest BCUT2D eigenvalue weighted by Crippen LogP contribution is -2.27. The molecule has 0 atom stereocenters. The molecule has 178 valence electrons. The monoisotopic (exact) mass is 515 g/mol. The van der Waals surface area contributed by atoms with Gasteiger partial charge in [-0.2, -0.15) is 23.4 Å². The number of benzene rings is 1. The molecule has 0 amide bonds. The van der Waals surface area contributed by atoms with Crippen LogP contribution in [0.3, 0.4) is 0 Å². The van der Waals surface area contributed by atoms with Crippen LogP contribution < -0.4 is 15.0 Å². The highest BCUT2D eigenvalue weighted by atomic mass is 35.5. The van der Waals surface area contributed by atoms with E-state index >= 15 is 0 Å². The van der Waals surface area contributed by atoms with Crippen molar-refractivity contribution in [2.75, 3.05) is 13.4 Å². The van der Waals surface area contributed by atoms with Crippen molar-refractivity contribution >= 4 is 21.4 Å². The van der Waals surface area contributed by atoms with E-state index in [4.69, 9.17) is 26.3 Å². The van der Waals surface area contributed by atoms with Crippen LogP contribution in [0.25, 0.3) is 0 Å². The van der Waals surface area contributed by atoms with Crippen molar-refractivity contribution in [3.05, 3.63) is 62.9 Å². The molecule has 0 spiro atoms. The molecule has 0 N–H and O–H groups in total. The molecule has 0 saturated heterocycles. The molecular formula is C19H13ClF3N5O5S. The predicted molar refractivity (Wildman–Crippen MR) is 111 cm³/mol. The van der Waals surface area contributed by atoms with Gasteiger partial charge in [-0.1, -0.05) is 11.6 Å². The van der Waals surface area contributed by atoms with Crippen LogP contribution in [0.2, 0.25) is 5.02 Å². The summed E-state index contributed by atoms with van der Waals surface area (Å²) in [5.41, 5.74) is -2.75. The first-order valence-electron chi connectivity index (χ1n) is 8.98. The number of nitrogens with zero attached hydrogens (tertiary/aromatic N) is 5. The minimum atomic E-state index is -5.04. The Balaban J connectivity index is 2.11. The zero-order valence-corrected chi connectivity index (χ0v) is 18.9. The van der Waals surface area contributed by atoms with Crippen LogP contribution in [0, 0.1) is 11.3 Å². The average Bonchev–Trinajstić information content (AvgIpc) is 2.74. The second-order valence-corrected chi connectivity index (χ2v) is 9.05. The Morgan fingerprint density at radius 2 is 1.94 bits per heavy atom. The Kier molecular flexibility index (Phi) is 6.80. The number of methoxy groups -OCH3 is 1. The first-order valence-corrected chi connectivity index (χ1v) is 11.3. The molecule has 1 aromatic carbocycles. The number of sulfone groups is 1. The van der Waals surface area contributed by atoms with Gasteiger partial charge in [-0.15, -0.1) is 0 Å². The van der Waals surface area contributed by atoms with Crippen molar-refractivity contribution in [3.63, 3.8) is 0 Å². The zero-order valence-electron chi connectivity index (χ0n) is 17.3. The summed E-state index contributed by atoms with van der Waals surface area (Å²) in [4.78, 5) is 23.7. The number of ether oxygens (including phenoxy) is 2. The fourth-order valence-corrected chi connectivity index (χ4v) is 3.42. The molecule has 0 aliphatic carbocycles. The van der Waals surface area contributed by atoms with Gasteiger partial charge in [-0.25, -0.2) is 18.4 Å². The highest BCUT2D eigenvalue weighted by Gasteiger charge is 2.39. The molecule has 2 heterocycles. The van der Waals surface area contributed by atoms with Crippen LogP contribution in [-0.4, -0.2) is 41.3 Å². The minimum Gasteiger partial charge on any atom is -0.481 e. The summed E-state index contributed by atoms with van der Waals surface area (Å²) in [6.45, 7) is -0.424. The number of nitriles is 1. The fourth-order valence-electron chi connectivity index (χ4n) is 2.70. The number of halogens is 4. The SMILES string of the molecule is COc1nc(S(C)(=O)=O)ncc1Cn1cnc(C(F)(F)F)c(Oc2cc(Cl)cc(C#N)c2)c1=O. The van der Waals surface area contributed by atoms with Crippen molar-refractivity contribution in [3.8, 4) is 23.4 Å². The maximum absolute atomic E-state index is 13.5. The van der Waals surface area contributed by atoms with Crippen molar-refractivity contribution in [2.45, 2.75) is 17.9 Å². The Morgan fingerprint density at radius 3 is 2.53 bits per heavy atom. The lowest BCUT2D eigenvalue weighted by Gasteiger charge is -2.15. The quantitative estimate of drug-likeness (QED) is 0.453. The third-order valence-corrected chi connectivity index (χ3v) is 5.23. The Labute approximate surface area is 195 Å². The van der Waals surface area contributed by atoms with E-state index in [1.54, 1.807) is 6.07 Å². The molecule has 3 rings (SSSR count). The molecule has 15 heteroatoms. The summed E-state index contributed by atoms with van der Waals surface area (Å²) in [6, 6.07) is 5.25. The highest BCUT2D eigenvalue weighted by molar-refractivity contribution is 7.90. The maximum Gasteiger partial charge on any atom is 0.437 e. The van der Waals surface area contributed by atoms with E-state index in [1.165, 1.54) is 13.2 Å². The van der Waals surface area contributed by atoms with Gasteiger partial charge in [0.1, 0.15) is 5.75 Å². The van der Waals surface area contributed by atoms with Crippen LogP contribution in [0.15, 0.2) is 40.7 Å². The lowest BCUT2D eigenvalue weighted by molar-refractivity contribution is -0.142. The number of hydrogen-bond acceptors (Lipinski definition) is 9. The van der Waals surface area contributed by atoms with Crippen molar-refractivity contribution in [1.82, 2.24) is 19.5 Å². The molecule has 0 fully saturated rings. The molecule has 10 nitrogen and oxygen atoms in total. The van der Waals surface area contributed by atoms with Crippen molar-refractivity contribution < 1.29 is 31.1 Å². The first-order chi connectivity index (χ1) is 15.8. The predicted octanol–water partition coefficient (Wildman–Crippen LogP) is 2.83. The van der Waals surface area contributed by atoms with Gasteiger partial charge >= 0.3 is 6.18 Å². The Bertz CT molecular complexity index is 1470. The van der Waals surface area contributed by atoms with Gasteiger partial charge in [0.2, 0.25) is 26.6 Å². The summed E-state index contributed by atoms with van der Waals surface area (Å²) < 4.78 is 74.9. The zero-order chi connectivity index (χ0) is 25.3. The number of aromatic nitrogens is 4. The van der Waals surface area contributed by atoms with E-state index in [-0.39, 0.29) is 27.8 Å². The van der Waals surface area contributed by atoms with Gasteiger partial charge in [-0.05, 0) is 18.2 Å². The second kappa shape index (κ2) is 9.27. The molecule has 34 heavy (non-hydrogen) atoms. The van der Waals surface area contributed by atoms with E-state index in [1.807, 2.05) is 0 Å². The normalized spacial score (nSPS) is 11.7.